The number of hydrogen-bond acceptors (Lipinski definition) is 2. The highest BCUT2D eigenvalue weighted by Crippen LogP contribution is 2.24. The molecular weight excluding hydrogens is 296 g/mol. The Bertz CT molecular complexity index is 641. The van der Waals surface area contributed by atoms with E-state index in [9.17, 15) is 4.79 Å². The van der Waals surface area contributed by atoms with Gasteiger partial charge in [-0.2, -0.15) is 0 Å². The van der Waals surface area contributed by atoms with Crippen molar-refractivity contribution in [3.8, 4) is 0 Å². The lowest BCUT2D eigenvalue weighted by Crippen LogP contribution is -2.42. The van der Waals surface area contributed by atoms with Crippen LogP contribution in [0, 0.1) is 0 Å². The van der Waals surface area contributed by atoms with Gasteiger partial charge in [-0.3, -0.25) is 4.79 Å². The summed E-state index contributed by atoms with van der Waals surface area (Å²) in [5.74, 6) is 0.219. The fourth-order valence-corrected chi connectivity index (χ4v) is 3.48. The van der Waals surface area contributed by atoms with Gasteiger partial charge in [-0.15, -0.1) is 0 Å². The quantitative estimate of drug-likeness (QED) is 0.809. The van der Waals surface area contributed by atoms with Gasteiger partial charge in [0.15, 0.2) is 0 Å². The summed E-state index contributed by atoms with van der Waals surface area (Å²) in [6, 6.07) is 21.0. The largest absolute Gasteiger partial charge is 0.308 e. The van der Waals surface area contributed by atoms with Crippen molar-refractivity contribution in [3.05, 3.63) is 66.2 Å². The second kappa shape index (κ2) is 8.11. The molecule has 1 aliphatic heterocycles. The lowest BCUT2D eigenvalue weighted by atomic mass is 10.1. The summed E-state index contributed by atoms with van der Waals surface area (Å²) >= 11 is 0. The SMILES string of the molecule is CCC(=O)N(c1ccccc1)C1CCN(CCc2ccccc2)C1. The number of nitrogens with zero attached hydrogens (tertiary/aromatic N) is 2. The van der Waals surface area contributed by atoms with Crippen molar-refractivity contribution in [1.29, 1.82) is 0 Å². The van der Waals surface area contributed by atoms with Crippen molar-refractivity contribution < 1.29 is 4.79 Å². The van der Waals surface area contributed by atoms with Crippen LogP contribution in [0.25, 0.3) is 0 Å². The van der Waals surface area contributed by atoms with Crippen LogP contribution in [-0.2, 0) is 11.2 Å². The molecule has 0 spiro atoms. The second-order valence-electron chi connectivity index (χ2n) is 6.43. The summed E-state index contributed by atoms with van der Waals surface area (Å²) in [6.07, 6.45) is 2.67. The Morgan fingerprint density at radius 2 is 1.75 bits per heavy atom. The number of anilines is 1. The minimum atomic E-state index is 0.219. The van der Waals surface area contributed by atoms with Crippen LogP contribution in [0.1, 0.15) is 25.3 Å². The molecule has 0 N–H and O–H groups in total. The molecule has 0 aliphatic carbocycles. The van der Waals surface area contributed by atoms with Crippen molar-refractivity contribution in [2.24, 2.45) is 0 Å². The van der Waals surface area contributed by atoms with E-state index in [-0.39, 0.29) is 11.9 Å². The zero-order valence-corrected chi connectivity index (χ0v) is 14.4. The van der Waals surface area contributed by atoms with Crippen molar-refractivity contribution in [2.45, 2.75) is 32.2 Å². The smallest absolute Gasteiger partial charge is 0.227 e. The van der Waals surface area contributed by atoms with Crippen molar-refractivity contribution in [1.82, 2.24) is 4.90 Å². The highest BCUT2D eigenvalue weighted by Gasteiger charge is 2.30. The van der Waals surface area contributed by atoms with Crippen LogP contribution in [-0.4, -0.2) is 36.5 Å². The minimum absolute atomic E-state index is 0.219. The van der Waals surface area contributed by atoms with Crippen molar-refractivity contribution in [2.75, 3.05) is 24.5 Å². The van der Waals surface area contributed by atoms with E-state index in [1.807, 2.05) is 42.2 Å². The van der Waals surface area contributed by atoms with Crippen LogP contribution < -0.4 is 4.90 Å². The fourth-order valence-electron chi connectivity index (χ4n) is 3.48. The first kappa shape index (κ1) is 16.7. The Labute approximate surface area is 144 Å². The Morgan fingerprint density at radius 3 is 2.42 bits per heavy atom. The van der Waals surface area contributed by atoms with Crippen LogP contribution >= 0.6 is 0 Å². The Balaban J connectivity index is 1.63. The lowest BCUT2D eigenvalue weighted by molar-refractivity contribution is -0.118. The molecule has 0 aromatic heterocycles. The molecule has 0 bridgehead atoms. The average Bonchev–Trinajstić information content (AvgIpc) is 3.10. The number of likely N-dealkylation sites (tertiary alicyclic amines) is 1. The molecule has 1 fully saturated rings. The summed E-state index contributed by atoms with van der Waals surface area (Å²) in [4.78, 5) is 17.0. The Kier molecular flexibility index (Phi) is 5.65. The third-order valence-corrected chi connectivity index (χ3v) is 4.78. The summed E-state index contributed by atoms with van der Waals surface area (Å²) in [7, 11) is 0. The topological polar surface area (TPSA) is 23.6 Å². The van der Waals surface area contributed by atoms with Crippen molar-refractivity contribution >= 4 is 11.6 Å². The third-order valence-electron chi connectivity index (χ3n) is 4.78. The minimum Gasteiger partial charge on any atom is -0.308 e. The molecule has 1 amide bonds. The van der Waals surface area contributed by atoms with Gasteiger partial charge in [-0.1, -0.05) is 55.5 Å². The first-order chi connectivity index (χ1) is 11.8. The maximum Gasteiger partial charge on any atom is 0.227 e. The summed E-state index contributed by atoms with van der Waals surface area (Å²) in [5.41, 5.74) is 2.41. The van der Waals surface area contributed by atoms with Gasteiger partial charge >= 0.3 is 0 Å². The van der Waals surface area contributed by atoms with E-state index in [0.29, 0.717) is 6.42 Å². The van der Waals surface area contributed by atoms with Crippen LogP contribution in [0.3, 0.4) is 0 Å². The lowest BCUT2D eigenvalue weighted by Gasteiger charge is -2.29. The normalized spacial score (nSPS) is 17.8. The molecule has 3 nitrogen and oxygen atoms in total. The van der Waals surface area contributed by atoms with E-state index >= 15 is 0 Å². The van der Waals surface area contributed by atoms with Crippen LogP contribution in [0.5, 0.6) is 0 Å². The Hall–Kier alpha value is -2.13. The van der Waals surface area contributed by atoms with Gasteiger partial charge in [0.2, 0.25) is 5.91 Å². The highest BCUT2D eigenvalue weighted by atomic mass is 16.2. The molecule has 3 heteroatoms. The van der Waals surface area contributed by atoms with Crippen LogP contribution in [0.4, 0.5) is 5.69 Å². The van der Waals surface area contributed by atoms with E-state index in [1.54, 1.807) is 0 Å². The fraction of sp³-hybridized carbons (Fsp3) is 0.381. The maximum absolute atomic E-state index is 12.5. The van der Waals surface area contributed by atoms with E-state index in [1.165, 1.54) is 5.56 Å². The highest BCUT2D eigenvalue weighted by molar-refractivity contribution is 5.93. The Morgan fingerprint density at radius 1 is 1.08 bits per heavy atom. The number of hydrogen-bond donors (Lipinski definition) is 0. The molecule has 2 aromatic carbocycles. The molecule has 2 aromatic rings. The molecule has 1 unspecified atom stereocenters. The van der Waals surface area contributed by atoms with E-state index < -0.39 is 0 Å². The van der Waals surface area contributed by atoms with Crippen LogP contribution in [0.2, 0.25) is 0 Å². The number of carbonyl (C=O) groups excluding carboxylic acids is 1. The molecular formula is C21H26N2O. The van der Waals surface area contributed by atoms with Gasteiger partial charge in [0.25, 0.3) is 0 Å². The van der Waals surface area contributed by atoms with Gasteiger partial charge in [-0.05, 0) is 30.5 Å². The molecule has 1 saturated heterocycles. The predicted molar refractivity (Wildman–Crippen MR) is 99.2 cm³/mol. The first-order valence-corrected chi connectivity index (χ1v) is 8.91. The number of rotatable bonds is 6. The first-order valence-electron chi connectivity index (χ1n) is 8.91. The molecule has 1 aliphatic rings. The van der Waals surface area contributed by atoms with E-state index in [4.69, 9.17) is 0 Å². The van der Waals surface area contributed by atoms with Gasteiger partial charge in [0.05, 0.1) is 6.04 Å². The third kappa shape index (κ3) is 4.04. The van der Waals surface area contributed by atoms with E-state index in [0.717, 1.165) is 38.2 Å². The molecule has 126 valence electrons. The summed E-state index contributed by atoms with van der Waals surface area (Å²) in [6.45, 7) is 5.04. The molecule has 0 saturated carbocycles. The summed E-state index contributed by atoms with van der Waals surface area (Å²) in [5, 5.41) is 0. The number of amides is 1. The van der Waals surface area contributed by atoms with E-state index in [2.05, 4.69) is 35.2 Å². The standard InChI is InChI=1S/C21H26N2O/c1-2-21(24)23(19-11-7-4-8-12-19)20-14-16-22(17-20)15-13-18-9-5-3-6-10-18/h3-12,20H,2,13-17H2,1H3. The monoisotopic (exact) mass is 322 g/mol. The number of benzene rings is 2. The van der Waals surface area contributed by atoms with Gasteiger partial charge in [0, 0.05) is 31.7 Å². The zero-order chi connectivity index (χ0) is 16.8. The average molecular weight is 322 g/mol. The van der Waals surface area contributed by atoms with Crippen LogP contribution in [0.15, 0.2) is 60.7 Å². The number of carbonyl (C=O) groups is 1. The molecule has 1 heterocycles. The second-order valence-corrected chi connectivity index (χ2v) is 6.43. The molecule has 0 radical (unpaired) electrons. The molecule has 1 atom stereocenters. The zero-order valence-electron chi connectivity index (χ0n) is 14.4. The maximum atomic E-state index is 12.5. The van der Waals surface area contributed by atoms with Crippen molar-refractivity contribution in [3.63, 3.8) is 0 Å². The number of para-hydroxylation sites is 1. The van der Waals surface area contributed by atoms with Gasteiger partial charge < -0.3 is 9.80 Å². The van der Waals surface area contributed by atoms with Gasteiger partial charge in [-0.25, -0.2) is 0 Å². The molecule has 3 rings (SSSR count). The molecule has 24 heavy (non-hydrogen) atoms. The predicted octanol–water partition coefficient (Wildman–Crippen LogP) is 3.75. The van der Waals surface area contributed by atoms with Gasteiger partial charge in [0.1, 0.15) is 0 Å². The summed E-state index contributed by atoms with van der Waals surface area (Å²) < 4.78 is 0.